The molecule has 0 radical (unpaired) electrons. The number of nitrogens with one attached hydrogen (secondary N) is 2. The second-order valence-electron chi connectivity index (χ2n) is 6.26. The molecule has 0 atom stereocenters. The summed E-state index contributed by atoms with van der Waals surface area (Å²) in [6, 6.07) is 13.5. The first kappa shape index (κ1) is 18.2. The van der Waals surface area contributed by atoms with Gasteiger partial charge >= 0.3 is 6.03 Å². The van der Waals surface area contributed by atoms with Crippen LogP contribution in [0.1, 0.15) is 10.4 Å². The molecule has 1 fully saturated rings. The Balaban J connectivity index is 1.57. The van der Waals surface area contributed by atoms with Gasteiger partial charge in [0.05, 0.1) is 0 Å². The first-order valence-corrected chi connectivity index (χ1v) is 8.80. The predicted molar refractivity (Wildman–Crippen MR) is 104 cm³/mol. The third kappa shape index (κ3) is 4.74. The number of likely N-dealkylation sites (N-methyl/N-ethyl adjacent to an activating group) is 1. The second kappa shape index (κ2) is 8.21. The zero-order chi connectivity index (χ0) is 18.5. The van der Waals surface area contributed by atoms with Crippen molar-refractivity contribution in [1.29, 1.82) is 0 Å². The third-order valence-electron chi connectivity index (χ3n) is 4.26. The van der Waals surface area contributed by atoms with Crippen LogP contribution in [0.3, 0.4) is 0 Å². The Hall–Kier alpha value is -2.57. The summed E-state index contributed by atoms with van der Waals surface area (Å²) in [5.74, 6) is 0.0213. The van der Waals surface area contributed by atoms with Gasteiger partial charge in [-0.05, 0) is 49.5 Å². The number of carbonyl (C=O) groups is 2. The lowest BCUT2D eigenvalue weighted by molar-refractivity contribution is 0.0664. The molecule has 3 rings (SSSR count). The van der Waals surface area contributed by atoms with Crippen molar-refractivity contribution in [3.05, 3.63) is 59.1 Å². The number of halogens is 1. The smallest absolute Gasteiger partial charge is 0.323 e. The summed E-state index contributed by atoms with van der Waals surface area (Å²) in [6.07, 6.45) is 0. The van der Waals surface area contributed by atoms with Crippen LogP contribution in [0.2, 0.25) is 5.02 Å². The normalized spacial score (nSPS) is 14.8. The number of hydrogen-bond acceptors (Lipinski definition) is 3. The maximum Gasteiger partial charge on any atom is 0.323 e. The van der Waals surface area contributed by atoms with E-state index in [1.54, 1.807) is 48.5 Å². The fourth-order valence-corrected chi connectivity index (χ4v) is 2.94. The summed E-state index contributed by atoms with van der Waals surface area (Å²) in [4.78, 5) is 28.6. The number of amides is 3. The van der Waals surface area contributed by atoms with Gasteiger partial charge in [-0.25, -0.2) is 4.79 Å². The quantitative estimate of drug-likeness (QED) is 0.868. The van der Waals surface area contributed by atoms with Crippen LogP contribution in [0.25, 0.3) is 0 Å². The first-order chi connectivity index (χ1) is 12.5. The number of rotatable bonds is 3. The number of hydrogen-bond donors (Lipinski definition) is 2. The van der Waals surface area contributed by atoms with Crippen molar-refractivity contribution >= 4 is 34.9 Å². The molecule has 1 aliphatic rings. The minimum absolute atomic E-state index is 0.0213. The molecule has 3 amide bonds. The highest BCUT2D eigenvalue weighted by atomic mass is 35.5. The van der Waals surface area contributed by atoms with Crippen molar-refractivity contribution in [2.45, 2.75) is 0 Å². The van der Waals surface area contributed by atoms with Crippen LogP contribution >= 0.6 is 11.6 Å². The van der Waals surface area contributed by atoms with Crippen LogP contribution in [0, 0.1) is 0 Å². The Bertz CT molecular complexity index is 786. The molecule has 0 aromatic heterocycles. The topological polar surface area (TPSA) is 64.7 Å². The van der Waals surface area contributed by atoms with Gasteiger partial charge in [0.25, 0.3) is 5.91 Å². The van der Waals surface area contributed by atoms with Crippen molar-refractivity contribution in [2.24, 2.45) is 0 Å². The molecule has 1 aliphatic heterocycles. The lowest BCUT2D eigenvalue weighted by Gasteiger charge is -2.32. The van der Waals surface area contributed by atoms with Crippen LogP contribution in [-0.2, 0) is 0 Å². The molecule has 1 saturated heterocycles. The van der Waals surface area contributed by atoms with Crippen LogP contribution in [0.15, 0.2) is 48.5 Å². The molecular weight excluding hydrogens is 352 g/mol. The largest absolute Gasteiger partial charge is 0.336 e. The van der Waals surface area contributed by atoms with Gasteiger partial charge in [-0.2, -0.15) is 0 Å². The molecule has 0 bridgehead atoms. The van der Waals surface area contributed by atoms with E-state index in [1.807, 2.05) is 4.90 Å². The van der Waals surface area contributed by atoms with Gasteiger partial charge < -0.3 is 20.4 Å². The molecule has 136 valence electrons. The van der Waals surface area contributed by atoms with Crippen molar-refractivity contribution in [3.63, 3.8) is 0 Å². The predicted octanol–water partition coefficient (Wildman–Crippen LogP) is 3.37. The summed E-state index contributed by atoms with van der Waals surface area (Å²) in [6.45, 7) is 3.23. The molecule has 26 heavy (non-hydrogen) atoms. The average Bonchev–Trinajstić information content (AvgIpc) is 2.62. The van der Waals surface area contributed by atoms with Gasteiger partial charge in [0.1, 0.15) is 0 Å². The number of benzene rings is 2. The fraction of sp³-hybridized carbons (Fsp3) is 0.263. The van der Waals surface area contributed by atoms with E-state index in [0.717, 1.165) is 26.2 Å². The Morgan fingerprint density at radius 2 is 1.58 bits per heavy atom. The van der Waals surface area contributed by atoms with Crippen molar-refractivity contribution in [3.8, 4) is 0 Å². The molecule has 1 heterocycles. The van der Waals surface area contributed by atoms with Gasteiger partial charge in [-0.3, -0.25) is 4.79 Å². The van der Waals surface area contributed by atoms with Gasteiger partial charge in [0.2, 0.25) is 0 Å². The van der Waals surface area contributed by atoms with E-state index in [0.29, 0.717) is 22.0 Å². The van der Waals surface area contributed by atoms with Gasteiger partial charge in [-0.15, -0.1) is 0 Å². The monoisotopic (exact) mass is 372 g/mol. The van der Waals surface area contributed by atoms with E-state index in [2.05, 4.69) is 22.6 Å². The first-order valence-electron chi connectivity index (χ1n) is 8.43. The van der Waals surface area contributed by atoms with Gasteiger partial charge in [-0.1, -0.05) is 17.7 Å². The molecule has 0 aliphatic carbocycles. The zero-order valence-electron chi connectivity index (χ0n) is 14.5. The third-order valence-corrected chi connectivity index (χ3v) is 4.50. The Kier molecular flexibility index (Phi) is 5.75. The highest BCUT2D eigenvalue weighted by molar-refractivity contribution is 6.30. The molecular formula is C19H21ClN4O2. The number of anilines is 2. The van der Waals surface area contributed by atoms with Crippen LogP contribution in [0.4, 0.5) is 16.2 Å². The minimum Gasteiger partial charge on any atom is -0.336 e. The Labute approximate surface area is 157 Å². The van der Waals surface area contributed by atoms with E-state index < -0.39 is 0 Å². The van der Waals surface area contributed by atoms with Crippen LogP contribution < -0.4 is 10.6 Å². The fourth-order valence-electron chi connectivity index (χ4n) is 2.75. The maximum atomic E-state index is 12.5. The molecule has 6 nitrogen and oxygen atoms in total. The molecule has 0 saturated carbocycles. The van der Waals surface area contributed by atoms with Gasteiger partial charge in [0, 0.05) is 48.1 Å². The number of piperazine rings is 1. The minimum atomic E-state index is -0.370. The standard InChI is InChI=1S/C19H21ClN4O2/c1-23-9-11-24(12-10-23)18(25)14-5-7-16(8-6-14)21-19(26)22-17-4-2-3-15(20)13-17/h2-8,13H,9-12H2,1H3,(H2,21,22,26). The SMILES string of the molecule is CN1CCN(C(=O)c2ccc(NC(=O)Nc3cccc(Cl)c3)cc2)CC1. The van der Waals surface area contributed by atoms with Crippen molar-refractivity contribution in [2.75, 3.05) is 43.9 Å². The van der Waals surface area contributed by atoms with E-state index in [4.69, 9.17) is 11.6 Å². The summed E-state index contributed by atoms with van der Waals surface area (Å²) >= 11 is 5.90. The lowest BCUT2D eigenvalue weighted by atomic mass is 10.1. The van der Waals surface area contributed by atoms with Crippen LogP contribution in [-0.4, -0.2) is 55.0 Å². The summed E-state index contributed by atoms with van der Waals surface area (Å²) in [7, 11) is 2.05. The Morgan fingerprint density at radius 3 is 2.23 bits per heavy atom. The van der Waals surface area contributed by atoms with E-state index in [9.17, 15) is 9.59 Å². The highest BCUT2D eigenvalue weighted by Crippen LogP contribution is 2.16. The summed E-state index contributed by atoms with van der Waals surface area (Å²) in [5.41, 5.74) is 1.84. The molecule has 2 aromatic rings. The van der Waals surface area contributed by atoms with E-state index in [-0.39, 0.29) is 11.9 Å². The van der Waals surface area contributed by atoms with E-state index in [1.165, 1.54) is 0 Å². The van der Waals surface area contributed by atoms with E-state index >= 15 is 0 Å². The second-order valence-corrected chi connectivity index (χ2v) is 6.70. The lowest BCUT2D eigenvalue weighted by Crippen LogP contribution is -2.47. The molecule has 2 aromatic carbocycles. The van der Waals surface area contributed by atoms with Gasteiger partial charge in [0.15, 0.2) is 0 Å². The maximum absolute atomic E-state index is 12.5. The van der Waals surface area contributed by atoms with Crippen molar-refractivity contribution < 1.29 is 9.59 Å². The summed E-state index contributed by atoms with van der Waals surface area (Å²) in [5, 5.41) is 6.00. The molecule has 2 N–H and O–H groups in total. The Morgan fingerprint density at radius 1 is 0.923 bits per heavy atom. The average molecular weight is 373 g/mol. The number of urea groups is 1. The number of carbonyl (C=O) groups excluding carboxylic acids is 2. The van der Waals surface area contributed by atoms with Crippen molar-refractivity contribution in [1.82, 2.24) is 9.80 Å². The number of nitrogens with zero attached hydrogens (tertiary/aromatic N) is 2. The van der Waals surface area contributed by atoms with Crippen LogP contribution in [0.5, 0.6) is 0 Å². The molecule has 0 unspecified atom stereocenters. The molecule has 7 heteroatoms. The highest BCUT2D eigenvalue weighted by Gasteiger charge is 2.20. The molecule has 0 spiro atoms. The zero-order valence-corrected chi connectivity index (χ0v) is 15.3. The summed E-state index contributed by atoms with van der Waals surface area (Å²) < 4.78 is 0.